The van der Waals surface area contributed by atoms with E-state index in [9.17, 15) is 14.9 Å². The van der Waals surface area contributed by atoms with Crippen LogP contribution in [0.3, 0.4) is 0 Å². The Hall–Kier alpha value is -2.15. The SMILES string of the molecule is CC(C)(C)OC(=O)N1CCC(NCCc2ccc([N+](=O)[O-])cc2)C1. The van der Waals surface area contributed by atoms with E-state index in [0.717, 1.165) is 24.9 Å². The average molecular weight is 335 g/mol. The number of nitrogens with one attached hydrogen (secondary N) is 1. The number of nitro groups is 1. The molecule has 7 nitrogen and oxygen atoms in total. The highest BCUT2D eigenvalue weighted by atomic mass is 16.6. The van der Waals surface area contributed by atoms with Crippen LogP contribution in [0.2, 0.25) is 0 Å². The lowest BCUT2D eigenvalue weighted by Crippen LogP contribution is -2.38. The first-order chi connectivity index (χ1) is 11.2. The van der Waals surface area contributed by atoms with Crippen LogP contribution in [-0.2, 0) is 11.2 Å². The number of ether oxygens (including phenoxy) is 1. The molecular formula is C17H25N3O4. The summed E-state index contributed by atoms with van der Waals surface area (Å²) in [5.41, 5.74) is 0.684. The second-order valence-corrected chi connectivity index (χ2v) is 7.04. The van der Waals surface area contributed by atoms with Gasteiger partial charge in [0, 0.05) is 31.3 Å². The molecule has 1 amide bonds. The van der Waals surface area contributed by atoms with Crippen molar-refractivity contribution in [1.82, 2.24) is 10.2 Å². The number of carbonyl (C=O) groups is 1. The molecule has 0 aliphatic carbocycles. The molecule has 24 heavy (non-hydrogen) atoms. The Balaban J connectivity index is 1.72. The number of amides is 1. The molecule has 7 heteroatoms. The fourth-order valence-corrected chi connectivity index (χ4v) is 2.62. The summed E-state index contributed by atoms with van der Waals surface area (Å²) >= 11 is 0. The summed E-state index contributed by atoms with van der Waals surface area (Å²) in [4.78, 5) is 24.0. The summed E-state index contributed by atoms with van der Waals surface area (Å²) in [7, 11) is 0. The molecule has 1 aromatic rings. The predicted molar refractivity (Wildman–Crippen MR) is 91.0 cm³/mol. The Morgan fingerprint density at radius 2 is 2.04 bits per heavy atom. The Morgan fingerprint density at radius 3 is 2.62 bits per heavy atom. The molecule has 1 heterocycles. The van der Waals surface area contributed by atoms with Gasteiger partial charge in [-0.1, -0.05) is 12.1 Å². The highest BCUT2D eigenvalue weighted by Gasteiger charge is 2.29. The van der Waals surface area contributed by atoms with Crippen LogP contribution in [0.15, 0.2) is 24.3 Å². The normalized spacial score (nSPS) is 17.8. The third-order valence-electron chi connectivity index (χ3n) is 3.83. The highest BCUT2D eigenvalue weighted by Crippen LogP contribution is 2.16. The van der Waals surface area contributed by atoms with Crippen molar-refractivity contribution in [2.24, 2.45) is 0 Å². The number of hydrogen-bond acceptors (Lipinski definition) is 5. The molecule has 0 saturated carbocycles. The van der Waals surface area contributed by atoms with Crippen LogP contribution in [-0.4, -0.2) is 47.2 Å². The lowest BCUT2D eigenvalue weighted by atomic mass is 10.1. The average Bonchev–Trinajstić information content (AvgIpc) is 2.95. The Labute approximate surface area is 142 Å². The van der Waals surface area contributed by atoms with Crippen molar-refractivity contribution < 1.29 is 14.5 Å². The Kier molecular flexibility index (Phi) is 5.77. The smallest absolute Gasteiger partial charge is 0.410 e. The molecule has 1 fully saturated rings. The first kappa shape index (κ1) is 18.2. The largest absolute Gasteiger partial charge is 0.444 e. The Bertz CT molecular complexity index is 580. The van der Waals surface area contributed by atoms with Gasteiger partial charge in [-0.3, -0.25) is 10.1 Å². The minimum atomic E-state index is -0.474. The van der Waals surface area contributed by atoms with Gasteiger partial charge in [0.1, 0.15) is 5.60 Å². The van der Waals surface area contributed by atoms with Crippen LogP contribution in [0.25, 0.3) is 0 Å². The van der Waals surface area contributed by atoms with E-state index in [2.05, 4.69) is 5.32 Å². The minimum absolute atomic E-state index is 0.107. The molecule has 1 aliphatic heterocycles. The molecule has 1 aliphatic rings. The summed E-state index contributed by atoms with van der Waals surface area (Å²) in [6, 6.07) is 6.86. The zero-order chi connectivity index (χ0) is 17.7. The van der Waals surface area contributed by atoms with Gasteiger partial charge in [0.25, 0.3) is 5.69 Å². The maximum Gasteiger partial charge on any atom is 0.410 e. The van der Waals surface area contributed by atoms with Crippen LogP contribution >= 0.6 is 0 Å². The van der Waals surface area contributed by atoms with Crippen LogP contribution < -0.4 is 5.32 Å². The number of nitrogens with zero attached hydrogens (tertiary/aromatic N) is 2. The number of hydrogen-bond donors (Lipinski definition) is 1. The quantitative estimate of drug-likeness (QED) is 0.660. The van der Waals surface area contributed by atoms with Crippen LogP contribution in [0.1, 0.15) is 32.8 Å². The molecule has 0 bridgehead atoms. The minimum Gasteiger partial charge on any atom is -0.444 e. The molecule has 132 valence electrons. The maximum atomic E-state index is 12.0. The second-order valence-electron chi connectivity index (χ2n) is 7.04. The molecule has 1 aromatic carbocycles. The molecule has 0 radical (unpaired) electrons. The third kappa shape index (κ3) is 5.49. The summed E-state index contributed by atoms with van der Waals surface area (Å²) in [6.07, 6.45) is 1.43. The van der Waals surface area contributed by atoms with Gasteiger partial charge in [0.2, 0.25) is 0 Å². The van der Waals surface area contributed by atoms with Gasteiger partial charge in [-0.25, -0.2) is 4.79 Å². The predicted octanol–water partition coefficient (Wildman–Crippen LogP) is 2.74. The van der Waals surface area contributed by atoms with E-state index in [4.69, 9.17) is 4.74 Å². The summed E-state index contributed by atoms with van der Waals surface area (Å²) < 4.78 is 5.38. The molecule has 1 N–H and O–H groups in total. The topological polar surface area (TPSA) is 84.7 Å². The van der Waals surface area contributed by atoms with Gasteiger partial charge < -0.3 is 15.0 Å². The van der Waals surface area contributed by atoms with Crippen molar-refractivity contribution in [3.8, 4) is 0 Å². The van der Waals surface area contributed by atoms with E-state index in [-0.39, 0.29) is 17.8 Å². The number of non-ortho nitro benzene ring substituents is 1. The number of likely N-dealkylation sites (tertiary alicyclic amines) is 1. The molecule has 1 saturated heterocycles. The fraction of sp³-hybridized carbons (Fsp3) is 0.588. The number of nitro benzene ring substituents is 1. The number of carbonyl (C=O) groups excluding carboxylic acids is 1. The first-order valence-corrected chi connectivity index (χ1v) is 8.19. The van der Waals surface area contributed by atoms with E-state index >= 15 is 0 Å². The van der Waals surface area contributed by atoms with Crippen LogP contribution in [0, 0.1) is 10.1 Å². The molecule has 1 unspecified atom stereocenters. The van der Waals surface area contributed by atoms with E-state index in [1.807, 2.05) is 20.8 Å². The van der Waals surface area contributed by atoms with Gasteiger partial charge in [0.05, 0.1) is 4.92 Å². The maximum absolute atomic E-state index is 12.0. The van der Waals surface area contributed by atoms with Crippen LogP contribution in [0.4, 0.5) is 10.5 Å². The number of rotatable bonds is 5. The van der Waals surface area contributed by atoms with Crippen LogP contribution in [0.5, 0.6) is 0 Å². The van der Waals surface area contributed by atoms with Crippen molar-refractivity contribution in [1.29, 1.82) is 0 Å². The summed E-state index contributed by atoms with van der Waals surface area (Å²) in [5.74, 6) is 0. The monoisotopic (exact) mass is 335 g/mol. The van der Waals surface area contributed by atoms with E-state index in [0.29, 0.717) is 13.1 Å². The summed E-state index contributed by atoms with van der Waals surface area (Å²) in [5, 5.41) is 14.1. The second kappa shape index (κ2) is 7.61. The first-order valence-electron chi connectivity index (χ1n) is 8.19. The van der Waals surface area contributed by atoms with Crippen molar-refractivity contribution in [2.75, 3.05) is 19.6 Å². The molecule has 0 aromatic heterocycles. The molecule has 2 rings (SSSR count). The van der Waals surface area contributed by atoms with E-state index in [1.54, 1.807) is 17.0 Å². The molecule has 1 atom stereocenters. The zero-order valence-corrected chi connectivity index (χ0v) is 14.4. The highest BCUT2D eigenvalue weighted by molar-refractivity contribution is 5.68. The molecule has 0 spiro atoms. The third-order valence-corrected chi connectivity index (χ3v) is 3.83. The lowest BCUT2D eigenvalue weighted by molar-refractivity contribution is -0.384. The summed E-state index contributed by atoms with van der Waals surface area (Å²) in [6.45, 7) is 7.70. The van der Waals surface area contributed by atoms with E-state index < -0.39 is 10.5 Å². The van der Waals surface area contributed by atoms with Gasteiger partial charge in [0.15, 0.2) is 0 Å². The molecular weight excluding hydrogens is 310 g/mol. The fourth-order valence-electron chi connectivity index (χ4n) is 2.62. The van der Waals surface area contributed by atoms with Crippen molar-refractivity contribution >= 4 is 11.8 Å². The Morgan fingerprint density at radius 1 is 1.38 bits per heavy atom. The lowest BCUT2D eigenvalue weighted by Gasteiger charge is -2.24. The standard InChI is InChI=1S/C17H25N3O4/c1-17(2,3)24-16(21)19-11-9-14(12-19)18-10-8-13-4-6-15(7-5-13)20(22)23/h4-7,14,18H,8-12H2,1-3H3. The zero-order valence-electron chi connectivity index (χ0n) is 14.4. The van der Waals surface area contributed by atoms with Gasteiger partial charge >= 0.3 is 6.09 Å². The van der Waals surface area contributed by atoms with Gasteiger partial charge in [-0.15, -0.1) is 0 Å². The van der Waals surface area contributed by atoms with E-state index in [1.165, 1.54) is 12.1 Å². The number of benzene rings is 1. The van der Waals surface area contributed by atoms with Crippen molar-refractivity contribution in [3.63, 3.8) is 0 Å². The van der Waals surface area contributed by atoms with Gasteiger partial charge in [-0.2, -0.15) is 0 Å². The van der Waals surface area contributed by atoms with Crippen molar-refractivity contribution in [3.05, 3.63) is 39.9 Å². The van der Waals surface area contributed by atoms with Crippen molar-refractivity contribution in [2.45, 2.75) is 45.3 Å². The van der Waals surface area contributed by atoms with Gasteiger partial charge in [-0.05, 0) is 45.7 Å².